The zero-order valence-corrected chi connectivity index (χ0v) is 11.2. The molecule has 1 aromatic heterocycles. The molecule has 0 radical (unpaired) electrons. The Morgan fingerprint density at radius 3 is 3.05 bits per heavy atom. The average Bonchev–Trinajstić information content (AvgIpc) is 2.91. The van der Waals surface area contributed by atoms with E-state index in [-0.39, 0.29) is 11.5 Å². The van der Waals surface area contributed by atoms with E-state index in [0.29, 0.717) is 18.3 Å². The smallest absolute Gasteiger partial charge is 0.270 e. The highest BCUT2D eigenvalue weighted by Crippen LogP contribution is 2.16. The maximum atomic E-state index is 12.0. The van der Waals surface area contributed by atoms with Crippen LogP contribution in [0.1, 0.15) is 36.2 Å². The van der Waals surface area contributed by atoms with Gasteiger partial charge in [-0.05, 0) is 31.7 Å². The van der Waals surface area contributed by atoms with Gasteiger partial charge in [-0.1, -0.05) is 6.07 Å². The van der Waals surface area contributed by atoms with Crippen molar-refractivity contribution in [1.29, 1.82) is 0 Å². The van der Waals surface area contributed by atoms with E-state index in [4.69, 9.17) is 4.74 Å². The molecule has 1 saturated heterocycles. The van der Waals surface area contributed by atoms with Crippen LogP contribution in [0.25, 0.3) is 0 Å². The van der Waals surface area contributed by atoms with Gasteiger partial charge in [0.15, 0.2) is 0 Å². The van der Waals surface area contributed by atoms with Crippen molar-refractivity contribution in [3.05, 3.63) is 34.2 Å². The summed E-state index contributed by atoms with van der Waals surface area (Å²) >= 11 is 0. The Bertz CT molecular complexity index is 478. The van der Waals surface area contributed by atoms with Crippen molar-refractivity contribution in [3.8, 4) is 0 Å². The highest BCUT2D eigenvalue weighted by Gasteiger charge is 2.16. The quantitative estimate of drug-likeness (QED) is 0.874. The number of amides is 1. The van der Waals surface area contributed by atoms with E-state index in [2.05, 4.69) is 4.98 Å². The van der Waals surface area contributed by atoms with Crippen LogP contribution in [-0.4, -0.2) is 42.1 Å². The van der Waals surface area contributed by atoms with Crippen LogP contribution >= 0.6 is 0 Å². The minimum Gasteiger partial charge on any atom is -0.378 e. The predicted octanol–water partition coefficient (Wildman–Crippen LogP) is 1.41. The number of pyridine rings is 1. The van der Waals surface area contributed by atoms with E-state index < -0.39 is 0 Å². The Morgan fingerprint density at radius 2 is 2.37 bits per heavy atom. The minimum absolute atomic E-state index is 0.148. The zero-order chi connectivity index (χ0) is 13.7. The number of nitrogens with one attached hydrogen (secondary N) is 1. The number of ether oxygens (including phenoxy) is 1. The second-order valence-electron chi connectivity index (χ2n) is 4.93. The Balaban J connectivity index is 1.80. The molecular formula is C14H20N2O3. The topological polar surface area (TPSA) is 62.4 Å². The Labute approximate surface area is 112 Å². The summed E-state index contributed by atoms with van der Waals surface area (Å²) in [5, 5.41) is 0. The van der Waals surface area contributed by atoms with Crippen LogP contribution in [0.3, 0.4) is 0 Å². The summed E-state index contributed by atoms with van der Waals surface area (Å²) in [6.07, 6.45) is 4.54. The molecule has 19 heavy (non-hydrogen) atoms. The lowest BCUT2D eigenvalue weighted by Gasteiger charge is -2.18. The van der Waals surface area contributed by atoms with Gasteiger partial charge in [0.1, 0.15) is 5.69 Å². The molecule has 1 amide bonds. The molecule has 5 nitrogen and oxygen atoms in total. The number of aromatic nitrogens is 1. The largest absolute Gasteiger partial charge is 0.378 e. The van der Waals surface area contributed by atoms with Gasteiger partial charge in [0.25, 0.3) is 5.91 Å². The fraction of sp³-hybridized carbons (Fsp3) is 0.571. The maximum absolute atomic E-state index is 12.0. The van der Waals surface area contributed by atoms with Gasteiger partial charge in [0, 0.05) is 26.3 Å². The van der Waals surface area contributed by atoms with Crippen LogP contribution in [0.5, 0.6) is 0 Å². The van der Waals surface area contributed by atoms with Crippen molar-refractivity contribution in [2.24, 2.45) is 0 Å². The number of H-pyrrole nitrogens is 1. The van der Waals surface area contributed by atoms with Gasteiger partial charge in [-0.2, -0.15) is 0 Å². The Hall–Kier alpha value is -1.62. The molecule has 2 rings (SSSR count). The number of nitrogens with zero attached hydrogens (tertiary/aromatic N) is 1. The first-order chi connectivity index (χ1) is 9.16. The highest BCUT2D eigenvalue weighted by molar-refractivity contribution is 5.91. The summed E-state index contributed by atoms with van der Waals surface area (Å²) in [6.45, 7) is 1.54. The first-order valence-electron chi connectivity index (χ1n) is 6.73. The molecular weight excluding hydrogens is 244 g/mol. The van der Waals surface area contributed by atoms with Crippen molar-refractivity contribution < 1.29 is 9.53 Å². The van der Waals surface area contributed by atoms with E-state index in [1.54, 1.807) is 24.1 Å². The standard InChI is InChI=1S/C14H20N2O3/c1-16(9-3-5-11-6-4-10-19-11)14(18)12-7-2-8-13(17)15-12/h2,7-8,11H,3-6,9-10H2,1H3,(H,15,17). The molecule has 0 aliphatic carbocycles. The Morgan fingerprint density at radius 1 is 1.53 bits per heavy atom. The third-order valence-electron chi connectivity index (χ3n) is 3.39. The van der Waals surface area contributed by atoms with E-state index in [1.807, 2.05) is 0 Å². The first kappa shape index (κ1) is 13.8. The van der Waals surface area contributed by atoms with Crippen molar-refractivity contribution >= 4 is 5.91 Å². The summed E-state index contributed by atoms with van der Waals surface area (Å²) < 4.78 is 5.54. The summed E-state index contributed by atoms with van der Waals surface area (Å²) in [7, 11) is 1.75. The second kappa shape index (κ2) is 6.52. The number of aromatic amines is 1. The summed E-state index contributed by atoms with van der Waals surface area (Å²) in [5.74, 6) is -0.148. The SMILES string of the molecule is CN(CCCC1CCCO1)C(=O)c1cccc(=O)[nH]1. The van der Waals surface area contributed by atoms with Gasteiger partial charge >= 0.3 is 0 Å². The van der Waals surface area contributed by atoms with Crippen molar-refractivity contribution in [2.45, 2.75) is 31.8 Å². The van der Waals surface area contributed by atoms with Crippen LogP contribution in [0.2, 0.25) is 0 Å². The summed E-state index contributed by atoms with van der Waals surface area (Å²) in [4.78, 5) is 27.4. The van der Waals surface area contributed by atoms with Gasteiger partial charge in [-0.25, -0.2) is 0 Å². The highest BCUT2D eigenvalue weighted by atomic mass is 16.5. The second-order valence-corrected chi connectivity index (χ2v) is 4.93. The molecule has 1 atom stereocenters. The third-order valence-corrected chi connectivity index (χ3v) is 3.39. The summed E-state index contributed by atoms with van der Waals surface area (Å²) in [6, 6.07) is 4.61. The molecule has 1 unspecified atom stereocenters. The van der Waals surface area contributed by atoms with Gasteiger partial charge in [-0.15, -0.1) is 0 Å². The fourth-order valence-corrected chi connectivity index (χ4v) is 2.31. The lowest BCUT2D eigenvalue weighted by atomic mass is 10.1. The monoisotopic (exact) mass is 264 g/mol. The molecule has 104 valence electrons. The van der Waals surface area contributed by atoms with Crippen molar-refractivity contribution in [1.82, 2.24) is 9.88 Å². The van der Waals surface area contributed by atoms with Crippen molar-refractivity contribution in [3.63, 3.8) is 0 Å². The molecule has 0 aromatic carbocycles. The number of hydrogen-bond donors (Lipinski definition) is 1. The number of carbonyl (C=O) groups excluding carboxylic acids is 1. The zero-order valence-electron chi connectivity index (χ0n) is 11.2. The van der Waals surface area contributed by atoms with Crippen molar-refractivity contribution in [2.75, 3.05) is 20.2 Å². The van der Waals surface area contributed by atoms with Gasteiger partial charge in [-0.3, -0.25) is 9.59 Å². The van der Waals surface area contributed by atoms with E-state index >= 15 is 0 Å². The predicted molar refractivity (Wildman–Crippen MR) is 72.2 cm³/mol. The molecule has 0 bridgehead atoms. The van der Waals surface area contributed by atoms with Crippen LogP contribution in [0.15, 0.2) is 23.0 Å². The molecule has 0 spiro atoms. The molecule has 1 aliphatic heterocycles. The Kier molecular flexibility index (Phi) is 4.74. The summed E-state index contributed by atoms with van der Waals surface area (Å²) in [5.41, 5.74) is 0.0886. The number of carbonyl (C=O) groups is 1. The van der Waals surface area contributed by atoms with Gasteiger partial charge < -0.3 is 14.6 Å². The van der Waals surface area contributed by atoms with E-state index in [0.717, 1.165) is 32.3 Å². The molecule has 0 saturated carbocycles. The molecule has 1 aromatic rings. The average molecular weight is 264 g/mol. The molecule has 5 heteroatoms. The maximum Gasteiger partial charge on any atom is 0.270 e. The van der Waals surface area contributed by atoms with Crippen LogP contribution in [0.4, 0.5) is 0 Å². The van der Waals surface area contributed by atoms with Crippen LogP contribution in [-0.2, 0) is 4.74 Å². The number of hydrogen-bond acceptors (Lipinski definition) is 3. The fourth-order valence-electron chi connectivity index (χ4n) is 2.31. The lowest BCUT2D eigenvalue weighted by Crippen LogP contribution is -2.30. The third kappa shape index (κ3) is 3.92. The minimum atomic E-state index is -0.251. The van der Waals surface area contributed by atoms with Gasteiger partial charge in [0.2, 0.25) is 5.56 Å². The molecule has 1 N–H and O–H groups in total. The normalized spacial score (nSPS) is 18.5. The van der Waals surface area contributed by atoms with Crippen LogP contribution in [0, 0.1) is 0 Å². The number of rotatable bonds is 5. The molecule has 1 aliphatic rings. The van der Waals surface area contributed by atoms with E-state index in [9.17, 15) is 9.59 Å². The molecule has 2 heterocycles. The van der Waals surface area contributed by atoms with Gasteiger partial charge in [0.05, 0.1) is 6.10 Å². The molecule has 1 fully saturated rings. The van der Waals surface area contributed by atoms with E-state index in [1.165, 1.54) is 6.07 Å². The lowest BCUT2D eigenvalue weighted by molar-refractivity contribution is 0.0757. The van der Waals surface area contributed by atoms with Crippen LogP contribution < -0.4 is 5.56 Å². The first-order valence-corrected chi connectivity index (χ1v) is 6.73.